The molecule has 1 rings (SSSR count). The lowest BCUT2D eigenvalue weighted by molar-refractivity contribution is 0.0218. The Morgan fingerprint density at radius 3 is 2.83 bits per heavy atom. The van der Waals surface area contributed by atoms with Crippen molar-refractivity contribution in [1.29, 1.82) is 0 Å². The molecule has 3 N–H and O–H groups in total. The van der Waals surface area contributed by atoms with Crippen LogP contribution in [0.5, 0.6) is 0 Å². The molecule has 0 amide bonds. The van der Waals surface area contributed by atoms with E-state index >= 15 is 0 Å². The summed E-state index contributed by atoms with van der Waals surface area (Å²) in [7, 11) is 1.62. The normalized spacial score (nSPS) is 12.6. The summed E-state index contributed by atoms with van der Waals surface area (Å²) in [5.74, 6) is 0.609. The number of hydrogen-bond acceptors (Lipinski definition) is 5. The van der Waals surface area contributed by atoms with E-state index in [9.17, 15) is 5.11 Å². The van der Waals surface area contributed by atoms with E-state index in [1.165, 1.54) is 0 Å². The Bertz CT molecular complexity index is 360. The smallest absolute Gasteiger partial charge is 0.0867 e. The number of nitrogens with two attached hydrogens (primary N) is 1. The first kappa shape index (κ1) is 15.3. The minimum absolute atomic E-state index is 0.338. The van der Waals surface area contributed by atoms with Gasteiger partial charge in [0.15, 0.2) is 0 Å². The molecule has 0 saturated carbocycles. The second kappa shape index (κ2) is 8.37. The van der Waals surface area contributed by atoms with Crippen molar-refractivity contribution in [1.82, 2.24) is 0 Å². The van der Waals surface area contributed by atoms with Crippen molar-refractivity contribution in [3.05, 3.63) is 23.8 Å². The van der Waals surface area contributed by atoms with Crippen molar-refractivity contribution in [3.63, 3.8) is 0 Å². The number of methoxy groups -OCH3 is 1. The van der Waals surface area contributed by atoms with Gasteiger partial charge in [-0.1, -0.05) is 0 Å². The molecule has 0 aromatic heterocycles. The minimum Gasteiger partial charge on any atom is -0.399 e. The third kappa shape index (κ3) is 5.73. The summed E-state index contributed by atoms with van der Waals surface area (Å²) in [4.78, 5) is 1.14. The molecule has 0 spiro atoms. The predicted molar refractivity (Wildman–Crippen MR) is 75.0 cm³/mol. The van der Waals surface area contributed by atoms with Crippen molar-refractivity contribution in [3.8, 4) is 0 Å². The molecule has 0 fully saturated rings. The summed E-state index contributed by atoms with van der Waals surface area (Å²) in [6.07, 6.45) is -0.469. The topological polar surface area (TPSA) is 64.7 Å². The lowest BCUT2D eigenvalue weighted by Gasteiger charge is -2.12. The van der Waals surface area contributed by atoms with Crippen molar-refractivity contribution >= 4 is 17.4 Å². The largest absolute Gasteiger partial charge is 0.399 e. The molecule has 1 aromatic carbocycles. The molecule has 102 valence electrons. The number of nitrogen functional groups attached to an aromatic ring is 1. The van der Waals surface area contributed by atoms with Gasteiger partial charge in [0.25, 0.3) is 0 Å². The highest BCUT2D eigenvalue weighted by Gasteiger charge is 2.07. The van der Waals surface area contributed by atoms with Gasteiger partial charge in [-0.3, -0.25) is 0 Å². The standard InChI is InChI=1S/C13H21NO3S/c1-10-7-11(14)3-4-13(10)18-9-12(15)8-17-6-5-16-2/h3-4,7,12,15H,5-6,8-9,14H2,1-2H3. The minimum atomic E-state index is -0.469. The molecule has 0 aliphatic carbocycles. The van der Waals surface area contributed by atoms with Crippen LogP contribution in [0.2, 0.25) is 0 Å². The Morgan fingerprint density at radius 2 is 2.17 bits per heavy atom. The summed E-state index contributed by atoms with van der Waals surface area (Å²) in [6.45, 7) is 3.42. The van der Waals surface area contributed by atoms with E-state index in [-0.39, 0.29) is 0 Å². The number of anilines is 1. The number of aliphatic hydroxyl groups excluding tert-OH is 1. The Balaban J connectivity index is 2.27. The van der Waals surface area contributed by atoms with E-state index in [4.69, 9.17) is 15.2 Å². The van der Waals surface area contributed by atoms with Crippen LogP contribution in [0.4, 0.5) is 5.69 Å². The van der Waals surface area contributed by atoms with Crippen molar-refractivity contribution in [2.45, 2.75) is 17.9 Å². The zero-order valence-electron chi connectivity index (χ0n) is 10.9. The Kier molecular flexibility index (Phi) is 7.12. The van der Waals surface area contributed by atoms with Gasteiger partial charge in [0.2, 0.25) is 0 Å². The van der Waals surface area contributed by atoms with Crippen LogP contribution in [0.15, 0.2) is 23.1 Å². The van der Waals surface area contributed by atoms with Gasteiger partial charge in [-0.15, -0.1) is 11.8 Å². The summed E-state index contributed by atoms with van der Waals surface area (Å²) in [5, 5.41) is 9.74. The average Bonchev–Trinajstić information content (AvgIpc) is 2.33. The molecular weight excluding hydrogens is 250 g/mol. The molecule has 0 aliphatic rings. The Labute approximate surface area is 112 Å². The van der Waals surface area contributed by atoms with Crippen LogP contribution in [0.3, 0.4) is 0 Å². The van der Waals surface area contributed by atoms with Crippen molar-refractivity contribution in [2.75, 3.05) is 38.4 Å². The molecule has 4 nitrogen and oxygen atoms in total. The van der Waals surface area contributed by atoms with Crippen LogP contribution in [-0.4, -0.2) is 43.9 Å². The van der Waals surface area contributed by atoms with Crippen LogP contribution in [0.25, 0.3) is 0 Å². The highest BCUT2D eigenvalue weighted by Crippen LogP contribution is 2.24. The summed E-state index contributed by atoms with van der Waals surface area (Å²) in [6, 6.07) is 5.79. The number of aryl methyl sites for hydroxylation is 1. The van der Waals surface area contributed by atoms with Gasteiger partial charge >= 0.3 is 0 Å². The summed E-state index contributed by atoms with van der Waals surface area (Å²) < 4.78 is 10.1. The second-order valence-corrected chi connectivity index (χ2v) is 5.12. The van der Waals surface area contributed by atoms with Crippen LogP contribution in [-0.2, 0) is 9.47 Å². The quantitative estimate of drug-likeness (QED) is 0.428. The number of aliphatic hydroxyl groups is 1. The number of hydrogen-bond donors (Lipinski definition) is 2. The molecule has 18 heavy (non-hydrogen) atoms. The molecular formula is C13H21NO3S. The van der Waals surface area contributed by atoms with E-state index in [1.807, 2.05) is 25.1 Å². The van der Waals surface area contributed by atoms with Crippen molar-refractivity contribution in [2.24, 2.45) is 0 Å². The molecule has 0 radical (unpaired) electrons. The lowest BCUT2D eigenvalue weighted by Crippen LogP contribution is -2.19. The zero-order valence-corrected chi connectivity index (χ0v) is 11.7. The second-order valence-electron chi connectivity index (χ2n) is 4.06. The number of rotatable bonds is 8. The summed E-state index contributed by atoms with van der Waals surface area (Å²) in [5.41, 5.74) is 7.58. The van der Waals surface area contributed by atoms with E-state index < -0.39 is 6.10 Å². The van der Waals surface area contributed by atoms with E-state index in [2.05, 4.69) is 0 Å². The monoisotopic (exact) mass is 271 g/mol. The zero-order chi connectivity index (χ0) is 13.4. The maximum absolute atomic E-state index is 9.74. The number of ether oxygens (including phenoxy) is 2. The molecule has 0 saturated heterocycles. The Morgan fingerprint density at radius 1 is 1.39 bits per heavy atom. The van der Waals surface area contributed by atoms with E-state index in [0.29, 0.717) is 25.6 Å². The molecule has 0 heterocycles. The van der Waals surface area contributed by atoms with Gasteiger partial charge in [0.1, 0.15) is 0 Å². The fourth-order valence-electron chi connectivity index (χ4n) is 1.43. The fraction of sp³-hybridized carbons (Fsp3) is 0.538. The van der Waals surface area contributed by atoms with Gasteiger partial charge in [-0.05, 0) is 30.7 Å². The SMILES string of the molecule is COCCOCC(O)CSc1ccc(N)cc1C. The first-order valence-corrected chi connectivity index (χ1v) is 6.85. The van der Waals surface area contributed by atoms with Gasteiger partial charge in [0, 0.05) is 23.4 Å². The third-order valence-electron chi connectivity index (χ3n) is 2.37. The fourth-order valence-corrected chi connectivity index (χ4v) is 2.35. The summed E-state index contributed by atoms with van der Waals surface area (Å²) >= 11 is 1.61. The highest BCUT2D eigenvalue weighted by molar-refractivity contribution is 7.99. The lowest BCUT2D eigenvalue weighted by atomic mass is 10.2. The maximum Gasteiger partial charge on any atom is 0.0867 e. The van der Waals surface area contributed by atoms with Gasteiger partial charge in [0.05, 0.1) is 25.9 Å². The van der Waals surface area contributed by atoms with Crippen molar-refractivity contribution < 1.29 is 14.6 Å². The first-order valence-electron chi connectivity index (χ1n) is 5.87. The molecule has 0 aliphatic heterocycles. The van der Waals surface area contributed by atoms with E-state index in [0.717, 1.165) is 16.1 Å². The van der Waals surface area contributed by atoms with Crippen LogP contribution >= 0.6 is 11.8 Å². The van der Waals surface area contributed by atoms with Crippen LogP contribution in [0.1, 0.15) is 5.56 Å². The van der Waals surface area contributed by atoms with Crippen LogP contribution in [0, 0.1) is 6.92 Å². The number of thioether (sulfide) groups is 1. The molecule has 1 atom stereocenters. The van der Waals surface area contributed by atoms with Gasteiger partial charge < -0.3 is 20.3 Å². The van der Waals surface area contributed by atoms with Crippen LogP contribution < -0.4 is 5.73 Å². The van der Waals surface area contributed by atoms with E-state index in [1.54, 1.807) is 18.9 Å². The molecule has 0 bridgehead atoms. The number of benzene rings is 1. The van der Waals surface area contributed by atoms with Gasteiger partial charge in [-0.25, -0.2) is 0 Å². The molecule has 5 heteroatoms. The third-order valence-corrected chi connectivity index (χ3v) is 3.69. The average molecular weight is 271 g/mol. The Hall–Kier alpha value is -0.750. The highest BCUT2D eigenvalue weighted by atomic mass is 32.2. The predicted octanol–water partition coefficient (Wildman–Crippen LogP) is 1.69. The maximum atomic E-state index is 9.74. The molecule has 1 aromatic rings. The first-order chi connectivity index (χ1) is 8.63. The molecule has 1 unspecified atom stereocenters. The van der Waals surface area contributed by atoms with Gasteiger partial charge in [-0.2, -0.15) is 0 Å².